The molecule has 2 aromatic rings. The molecule has 4 N–H and O–H groups in total. The Labute approximate surface area is 185 Å². The van der Waals surface area contributed by atoms with Crippen molar-refractivity contribution in [3.05, 3.63) is 71.8 Å². The molecule has 0 atom stereocenters. The van der Waals surface area contributed by atoms with Gasteiger partial charge in [0.15, 0.2) is 0 Å². The van der Waals surface area contributed by atoms with E-state index in [-0.39, 0.29) is 39.1 Å². The molecule has 0 unspecified atom stereocenters. The van der Waals surface area contributed by atoms with Crippen LogP contribution in [-0.2, 0) is 32.3 Å². The number of carbonyl (C=O) groups excluding carboxylic acids is 2. The Morgan fingerprint density at radius 2 is 0.969 bits per heavy atom. The lowest BCUT2D eigenvalue weighted by atomic mass is 10.2. The van der Waals surface area contributed by atoms with Crippen molar-refractivity contribution in [2.75, 3.05) is 13.1 Å². The number of hydrogen-bond donors (Lipinski definition) is 4. The van der Waals surface area contributed by atoms with Gasteiger partial charge in [-0.3, -0.25) is 9.59 Å². The SMILES string of the molecule is O=C(O)CCNC(=O)OCc1ccccc1.O=C(O)CCNC(=O)OCc1ccccc1. The van der Waals surface area contributed by atoms with Crippen LogP contribution in [0, 0.1) is 0 Å². The second kappa shape index (κ2) is 15.7. The molecule has 172 valence electrons. The number of aliphatic carboxylic acids is 2. The van der Waals surface area contributed by atoms with Crippen LogP contribution < -0.4 is 10.6 Å². The van der Waals surface area contributed by atoms with Crippen molar-refractivity contribution in [1.82, 2.24) is 10.6 Å². The van der Waals surface area contributed by atoms with E-state index < -0.39 is 24.1 Å². The highest BCUT2D eigenvalue weighted by Crippen LogP contribution is 2.01. The van der Waals surface area contributed by atoms with Crippen LogP contribution in [0.2, 0.25) is 0 Å². The van der Waals surface area contributed by atoms with Crippen LogP contribution in [0.1, 0.15) is 24.0 Å². The number of alkyl carbamates (subject to hydrolysis) is 2. The van der Waals surface area contributed by atoms with Gasteiger partial charge in [-0.2, -0.15) is 0 Å². The van der Waals surface area contributed by atoms with Gasteiger partial charge in [-0.25, -0.2) is 9.59 Å². The van der Waals surface area contributed by atoms with Gasteiger partial charge >= 0.3 is 24.1 Å². The molecule has 0 spiro atoms. The molecule has 0 bridgehead atoms. The Bertz CT molecular complexity index is 772. The van der Waals surface area contributed by atoms with Gasteiger partial charge in [0.25, 0.3) is 0 Å². The van der Waals surface area contributed by atoms with Crippen molar-refractivity contribution in [2.45, 2.75) is 26.1 Å². The van der Waals surface area contributed by atoms with Gasteiger partial charge in [-0.05, 0) is 11.1 Å². The van der Waals surface area contributed by atoms with Crippen LogP contribution >= 0.6 is 0 Å². The Morgan fingerprint density at radius 1 is 0.625 bits per heavy atom. The van der Waals surface area contributed by atoms with E-state index in [1.165, 1.54) is 0 Å². The molecule has 0 aliphatic rings. The van der Waals surface area contributed by atoms with Gasteiger partial charge < -0.3 is 30.3 Å². The number of ether oxygens (including phenoxy) is 2. The molecule has 10 nitrogen and oxygen atoms in total. The van der Waals surface area contributed by atoms with Gasteiger partial charge in [0, 0.05) is 13.1 Å². The molecule has 0 aromatic heterocycles. The van der Waals surface area contributed by atoms with Crippen LogP contribution in [0.5, 0.6) is 0 Å². The first kappa shape index (κ1) is 26.0. The highest BCUT2D eigenvalue weighted by Gasteiger charge is 2.04. The number of carboxylic acids is 2. The number of amides is 2. The van der Waals surface area contributed by atoms with Gasteiger partial charge in [0.1, 0.15) is 13.2 Å². The summed E-state index contributed by atoms with van der Waals surface area (Å²) in [6.07, 6.45) is -1.43. The van der Waals surface area contributed by atoms with E-state index in [1.807, 2.05) is 60.7 Å². The molecular formula is C22H26N2O8. The van der Waals surface area contributed by atoms with E-state index in [2.05, 4.69) is 10.6 Å². The smallest absolute Gasteiger partial charge is 0.407 e. The summed E-state index contributed by atoms with van der Waals surface area (Å²) in [5, 5.41) is 21.4. The van der Waals surface area contributed by atoms with E-state index in [1.54, 1.807) is 0 Å². The summed E-state index contributed by atoms with van der Waals surface area (Å²) in [7, 11) is 0. The maximum atomic E-state index is 11.1. The predicted molar refractivity (Wildman–Crippen MR) is 114 cm³/mol. The van der Waals surface area contributed by atoms with Crippen molar-refractivity contribution in [3.8, 4) is 0 Å². The minimum absolute atomic E-state index is 0.0724. The van der Waals surface area contributed by atoms with E-state index >= 15 is 0 Å². The summed E-state index contributed by atoms with van der Waals surface area (Å²) in [5.41, 5.74) is 1.77. The number of carboxylic acid groups (broad SMARTS) is 2. The fraction of sp³-hybridized carbons (Fsp3) is 0.273. The van der Waals surface area contributed by atoms with Crippen LogP contribution in [0.4, 0.5) is 9.59 Å². The molecule has 0 saturated carbocycles. The van der Waals surface area contributed by atoms with Crippen LogP contribution in [-0.4, -0.2) is 47.4 Å². The summed E-state index contributed by atoms with van der Waals surface area (Å²) in [5.74, 6) is -1.91. The summed E-state index contributed by atoms with van der Waals surface area (Å²) in [6, 6.07) is 18.5. The van der Waals surface area contributed by atoms with Crippen LogP contribution in [0.3, 0.4) is 0 Å². The molecule has 0 heterocycles. The largest absolute Gasteiger partial charge is 0.481 e. The normalized spacial score (nSPS) is 9.50. The zero-order valence-corrected chi connectivity index (χ0v) is 17.4. The number of carbonyl (C=O) groups is 4. The maximum absolute atomic E-state index is 11.1. The minimum Gasteiger partial charge on any atom is -0.481 e. The Balaban J connectivity index is 0.000000320. The molecule has 32 heavy (non-hydrogen) atoms. The standard InChI is InChI=1S/2C11H13NO4/c2*13-10(14)6-7-12-11(15)16-8-9-4-2-1-3-5-9/h2*1-5H,6-8H2,(H,12,15)(H,13,14). The summed E-state index contributed by atoms with van der Waals surface area (Å²) < 4.78 is 9.73. The first-order valence-corrected chi connectivity index (χ1v) is 9.69. The van der Waals surface area contributed by atoms with Crippen LogP contribution in [0.15, 0.2) is 60.7 Å². The molecule has 2 amide bonds. The molecule has 0 aliphatic carbocycles. The lowest BCUT2D eigenvalue weighted by Crippen LogP contribution is -2.26. The van der Waals surface area contributed by atoms with Gasteiger partial charge in [0.2, 0.25) is 0 Å². The highest BCUT2D eigenvalue weighted by atomic mass is 16.6. The van der Waals surface area contributed by atoms with Gasteiger partial charge in [0.05, 0.1) is 12.8 Å². The first-order valence-electron chi connectivity index (χ1n) is 9.69. The number of benzene rings is 2. The third-order valence-corrected chi connectivity index (χ3v) is 3.64. The Morgan fingerprint density at radius 3 is 1.28 bits per heavy atom. The molecule has 2 rings (SSSR count). The molecule has 0 fully saturated rings. The van der Waals surface area contributed by atoms with Crippen molar-refractivity contribution in [2.24, 2.45) is 0 Å². The van der Waals surface area contributed by atoms with Gasteiger partial charge in [-0.1, -0.05) is 60.7 Å². The molecule has 10 heteroatoms. The lowest BCUT2D eigenvalue weighted by Gasteiger charge is -2.05. The number of rotatable bonds is 10. The van der Waals surface area contributed by atoms with E-state index in [0.717, 1.165) is 11.1 Å². The van der Waals surface area contributed by atoms with Crippen molar-refractivity contribution < 1.29 is 38.9 Å². The summed E-state index contributed by atoms with van der Waals surface area (Å²) >= 11 is 0. The van der Waals surface area contributed by atoms with Crippen molar-refractivity contribution >= 4 is 24.1 Å². The average molecular weight is 446 g/mol. The number of hydrogen-bond acceptors (Lipinski definition) is 6. The maximum Gasteiger partial charge on any atom is 0.407 e. The second-order valence-corrected chi connectivity index (χ2v) is 6.26. The Hall–Kier alpha value is -4.08. The predicted octanol–water partition coefficient (Wildman–Crippen LogP) is 2.78. The fourth-order valence-electron chi connectivity index (χ4n) is 2.09. The summed E-state index contributed by atoms with van der Waals surface area (Å²) in [6.45, 7) is 0.505. The zero-order chi connectivity index (χ0) is 23.6. The van der Waals surface area contributed by atoms with Crippen molar-refractivity contribution in [1.29, 1.82) is 0 Å². The topological polar surface area (TPSA) is 151 Å². The zero-order valence-electron chi connectivity index (χ0n) is 17.4. The monoisotopic (exact) mass is 446 g/mol. The Kier molecular flexibility index (Phi) is 12.8. The average Bonchev–Trinajstić information content (AvgIpc) is 2.78. The van der Waals surface area contributed by atoms with E-state index in [0.29, 0.717) is 0 Å². The molecule has 0 aliphatic heterocycles. The first-order chi connectivity index (χ1) is 15.4. The van der Waals surface area contributed by atoms with E-state index in [4.69, 9.17) is 19.7 Å². The van der Waals surface area contributed by atoms with E-state index in [9.17, 15) is 19.2 Å². The van der Waals surface area contributed by atoms with Crippen LogP contribution in [0.25, 0.3) is 0 Å². The minimum atomic E-state index is -0.955. The summed E-state index contributed by atoms with van der Waals surface area (Å²) in [4.78, 5) is 42.5. The quantitative estimate of drug-likeness (QED) is 0.435. The second-order valence-electron chi connectivity index (χ2n) is 6.26. The number of nitrogens with one attached hydrogen (secondary N) is 2. The fourth-order valence-corrected chi connectivity index (χ4v) is 2.09. The molecule has 0 radical (unpaired) electrons. The molecule has 0 saturated heterocycles. The molecule has 2 aromatic carbocycles. The highest BCUT2D eigenvalue weighted by molar-refractivity contribution is 5.70. The third kappa shape index (κ3) is 14.0. The van der Waals surface area contributed by atoms with Gasteiger partial charge in [-0.15, -0.1) is 0 Å². The molecular weight excluding hydrogens is 420 g/mol. The lowest BCUT2D eigenvalue weighted by molar-refractivity contribution is -0.137. The van der Waals surface area contributed by atoms with Crippen molar-refractivity contribution in [3.63, 3.8) is 0 Å². The third-order valence-electron chi connectivity index (χ3n) is 3.64.